The van der Waals surface area contributed by atoms with E-state index in [9.17, 15) is 0 Å². The number of imidazole rings is 2. The quantitative estimate of drug-likeness (QED) is 0.497. The van der Waals surface area contributed by atoms with Crippen LogP contribution in [0.15, 0.2) is 60.9 Å². The molecule has 2 N–H and O–H groups in total. The summed E-state index contributed by atoms with van der Waals surface area (Å²) in [6.07, 6.45) is 1.53. The number of benzene rings is 2. The number of aryl methyl sites for hydroxylation is 1. The number of hydrogen-bond acceptors (Lipinski definition) is 5. The standard InChI is InChI=1S/C21H19N7/c1-13(24-19-18-20(23-12-22-19)26-14(2)25-18)21-27-16-10-6-7-11-17(16)28(21)15-8-4-3-5-9-15/h3-13H,1-2H3,(H2,22,23,24,25,26)/t13-/m0/s1. The minimum absolute atomic E-state index is 0.0886. The molecule has 2 aromatic carbocycles. The van der Waals surface area contributed by atoms with E-state index in [1.165, 1.54) is 6.33 Å². The summed E-state index contributed by atoms with van der Waals surface area (Å²) in [5.74, 6) is 2.43. The van der Waals surface area contributed by atoms with Crippen molar-refractivity contribution in [2.45, 2.75) is 19.9 Å². The molecule has 7 heteroatoms. The Morgan fingerprint density at radius 2 is 1.75 bits per heavy atom. The molecule has 1 atom stereocenters. The predicted octanol–water partition coefficient (Wildman–Crippen LogP) is 4.17. The van der Waals surface area contributed by atoms with Crippen LogP contribution in [0.5, 0.6) is 0 Å². The average Bonchev–Trinajstić information content (AvgIpc) is 3.29. The highest BCUT2D eigenvalue weighted by atomic mass is 15.2. The van der Waals surface area contributed by atoms with E-state index in [2.05, 4.69) is 54.9 Å². The Kier molecular flexibility index (Phi) is 3.79. The number of aromatic amines is 1. The van der Waals surface area contributed by atoms with Gasteiger partial charge >= 0.3 is 0 Å². The molecule has 3 aromatic heterocycles. The van der Waals surface area contributed by atoms with Crippen LogP contribution in [0, 0.1) is 6.92 Å². The van der Waals surface area contributed by atoms with Crippen molar-refractivity contribution >= 4 is 28.0 Å². The van der Waals surface area contributed by atoms with Gasteiger partial charge in [-0.2, -0.15) is 0 Å². The van der Waals surface area contributed by atoms with Gasteiger partial charge in [0.15, 0.2) is 11.5 Å². The number of aromatic nitrogens is 6. The van der Waals surface area contributed by atoms with Crippen molar-refractivity contribution in [2.24, 2.45) is 0 Å². The molecule has 0 aliphatic rings. The maximum Gasteiger partial charge on any atom is 0.183 e. The van der Waals surface area contributed by atoms with Crippen LogP contribution in [-0.4, -0.2) is 29.5 Å². The van der Waals surface area contributed by atoms with Gasteiger partial charge in [0.05, 0.1) is 17.1 Å². The van der Waals surface area contributed by atoms with E-state index in [0.717, 1.165) is 33.9 Å². The highest BCUT2D eigenvalue weighted by Gasteiger charge is 2.19. The monoisotopic (exact) mass is 369 g/mol. The zero-order valence-electron chi connectivity index (χ0n) is 15.6. The SMILES string of the molecule is Cc1nc2ncnc(N[C@@H](C)c3nc4ccccc4n3-c3ccccc3)c2[nH]1. The number of para-hydroxylation sites is 3. The number of nitrogens with one attached hydrogen (secondary N) is 2. The largest absolute Gasteiger partial charge is 0.358 e. The molecule has 0 saturated heterocycles. The lowest BCUT2D eigenvalue weighted by molar-refractivity contribution is 0.769. The van der Waals surface area contributed by atoms with Crippen molar-refractivity contribution in [3.05, 3.63) is 72.6 Å². The van der Waals surface area contributed by atoms with E-state index in [-0.39, 0.29) is 6.04 Å². The minimum atomic E-state index is -0.0886. The van der Waals surface area contributed by atoms with Crippen LogP contribution in [0.25, 0.3) is 27.9 Å². The van der Waals surface area contributed by atoms with Crippen molar-refractivity contribution in [3.8, 4) is 5.69 Å². The third-order valence-corrected chi connectivity index (χ3v) is 4.75. The second kappa shape index (κ2) is 6.45. The molecule has 0 spiro atoms. The van der Waals surface area contributed by atoms with Crippen LogP contribution in [0.3, 0.4) is 0 Å². The predicted molar refractivity (Wildman–Crippen MR) is 110 cm³/mol. The summed E-state index contributed by atoms with van der Waals surface area (Å²) in [5, 5.41) is 3.48. The molecule has 28 heavy (non-hydrogen) atoms. The highest BCUT2D eigenvalue weighted by molar-refractivity contribution is 5.83. The molecule has 0 aliphatic carbocycles. The summed E-state index contributed by atoms with van der Waals surface area (Å²) in [6.45, 7) is 3.99. The number of hydrogen-bond donors (Lipinski definition) is 2. The fraction of sp³-hybridized carbons (Fsp3) is 0.143. The molecule has 0 amide bonds. The molecule has 5 aromatic rings. The van der Waals surface area contributed by atoms with E-state index in [0.29, 0.717) is 11.5 Å². The van der Waals surface area contributed by atoms with Crippen LogP contribution >= 0.6 is 0 Å². The highest BCUT2D eigenvalue weighted by Crippen LogP contribution is 2.28. The van der Waals surface area contributed by atoms with Gasteiger partial charge in [0.1, 0.15) is 23.5 Å². The van der Waals surface area contributed by atoms with Crippen LogP contribution in [-0.2, 0) is 0 Å². The van der Waals surface area contributed by atoms with Crippen LogP contribution in [0.1, 0.15) is 24.6 Å². The van der Waals surface area contributed by atoms with Gasteiger partial charge < -0.3 is 10.3 Å². The van der Waals surface area contributed by atoms with Gasteiger partial charge in [-0.25, -0.2) is 19.9 Å². The average molecular weight is 369 g/mol. The first-order valence-electron chi connectivity index (χ1n) is 9.17. The zero-order valence-corrected chi connectivity index (χ0v) is 15.6. The smallest absolute Gasteiger partial charge is 0.183 e. The maximum absolute atomic E-state index is 4.90. The summed E-state index contributed by atoms with van der Waals surface area (Å²) in [5.41, 5.74) is 4.56. The normalized spacial score (nSPS) is 12.5. The Morgan fingerprint density at radius 3 is 2.61 bits per heavy atom. The minimum Gasteiger partial charge on any atom is -0.358 e. The molecule has 138 valence electrons. The molecule has 3 heterocycles. The van der Waals surface area contributed by atoms with Crippen molar-refractivity contribution in [1.29, 1.82) is 0 Å². The summed E-state index contributed by atoms with van der Waals surface area (Å²) < 4.78 is 2.18. The zero-order chi connectivity index (χ0) is 19.1. The van der Waals surface area contributed by atoms with E-state index < -0.39 is 0 Å². The Balaban J connectivity index is 1.62. The Bertz CT molecular complexity index is 1270. The fourth-order valence-corrected chi connectivity index (χ4v) is 3.51. The first-order valence-corrected chi connectivity index (χ1v) is 9.17. The second-order valence-electron chi connectivity index (χ2n) is 6.74. The second-order valence-corrected chi connectivity index (χ2v) is 6.74. The van der Waals surface area contributed by atoms with Crippen LogP contribution in [0.2, 0.25) is 0 Å². The van der Waals surface area contributed by atoms with Crippen LogP contribution < -0.4 is 5.32 Å². The molecule has 0 bridgehead atoms. The fourth-order valence-electron chi connectivity index (χ4n) is 3.51. The topological polar surface area (TPSA) is 84.3 Å². The molecule has 0 radical (unpaired) electrons. The van der Waals surface area contributed by atoms with Gasteiger partial charge in [-0.15, -0.1) is 0 Å². The lowest BCUT2D eigenvalue weighted by atomic mass is 10.2. The van der Waals surface area contributed by atoms with Crippen molar-refractivity contribution in [3.63, 3.8) is 0 Å². The first-order chi connectivity index (χ1) is 13.7. The molecular weight excluding hydrogens is 350 g/mol. The van der Waals surface area contributed by atoms with E-state index in [4.69, 9.17) is 4.98 Å². The number of H-pyrrole nitrogens is 1. The summed E-state index contributed by atoms with van der Waals surface area (Å²) in [4.78, 5) is 21.2. The van der Waals surface area contributed by atoms with Gasteiger partial charge in [0.2, 0.25) is 0 Å². The molecule has 0 aliphatic heterocycles. The molecule has 0 unspecified atom stereocenters. The van der Waals surface area contributed by atoms with Gasteiger partial charge in [0.25, 0.3) is 0 Å². The van der Waals surface area contributed by atoms with Gasteiger partial charge in [-0.05, 0) is 38.1 Å². The van der Waals surface area contributed by atoms with E-state index in [1.54, 1.807) is 0 Å². The summed E-state index contributed by atoms with van der Waals surface area (Å²) in [6, 6.07) is 18.3. The number of rotatable bonds is 4. The first kappa shape index (κ1) is 16.4. The molecule has 5 rings (SSSR count). The number of anilines is 1. The van der Waals surface area contributed by atoms with Gasteiger partial charge in [0, 0.05) is 5.69 Å². The third kappa shape index (κ3) is 2.68. The van der Waals surface area contributed by atoms with Crippen molar-refractivity contribution in [1.82, 2.24) is 29.5 Å². The Hall–Kier alpha value is -3.74. The Morgan fingerprint density at radius 1 is 0.964 bits per heavy atom. The number of nitrogens with zero attached hydrogens (tertiary/aromatic N) is 5. The lowest BCUT2D eigenvalue weighted by Crippen LogP contribution is -2.14. The number of fused-ring (bicyclic) bond motifs is 2. The lowest BCUT2D eigenvalue weighted by Gasteiger charge is -2.17. The molecule has 0 fully saturated rings. The van der Waals surface area contributed by atoms with E-state index >= 15 is 0 Å². The van der Waals surface area contributed by atoms with Crippen LogP contribution in [0.4, 0.5) is 5.82 Å². The summed E-state index contributed by atoms with van der Waals surface area (Å²) in [7, 11) is 0. The molecular formula is C21H19N7. The van der Waals surface area contributed by atoms with Gasteiger partial charge in [-0.3, -0.25) is 4.57 Å². The van der Waals surface area contributed by atoms with E-state index in [1.807, 2.05) is 43.3 Å². The van der Waals surface area contributed by atoms with Gasteiger partial charge in [-0.1, -0.05) is 30.3 Å². The maximum atomic E-state index is 4.90. The summed E-state index contributed by atoms with van der Waals surface area (Å²) >= 11 is 0. The molecule has 0 saturated carbocycles. The van der Waals surface area contributed by atoms with Crippen molar-refractivity contribution < 1.29 is 0 Å². The van der Waals surface area contributed by atoms with Crippen molar-refractivity contribution in [2.75, 3.05) is 5.32 Å². The molecule has 7 nitrogen and oxygen atoms in total. The third-order valence-electron chi connectivity index (χ3n) is 4.75. The Labute approximate surface area is 161 Å².